The summed E-state index contributed by atoms with van der Waals surface area (Å²) < 4.78 is 1.39. The Balaban J connectivity index is 0.00000176. The summed E-state index contributed by atoms with van der Waals surface area (Å²) >= 11 is -0.808. The van der Waals surface area contributed by atoms with Crippen molar-refractivity contribution in [3.8, 4) is 0 Å². The SMILES string of the molecule is CC1=C2c3cc(CC(C)C)ccc3[CH]1[Zr+2][CH]1C(C)=C(c3cc(CC(C)C)ccc31)[Si]2(C)c1ccccc1.[Cl-].[Cl-]. The van der Waals surface area contributed by atoms with Crippen LogP contribution in [0.5, 0.6) is 0 Å². The number of benzene rings is 3. The van der Waals surface area contributed by atoms with E-state index in [2.05, 4.69) is 115 Å². The van der Waals surface area contributed by atoms with Crippen molar-refractivity contribution in [2.45, 2.75) is 68.2 Å². The van der Waals surface area contributed by atoms with Gasteiger partial charge in [0.2, 0.25) is 0 Å². The standard InChI is InChI=1S/C35H40Si.2ClH.Zr/c1-23(2)17-27-13-15-29-19-25(5)34(32(29)21-27)36(7,31-11-9-8-10-12-31)35-26(6)20-30-16-14-28(18-24(3)4)22-33(30)35;;;/h8-16,19-24H,17-18H2,1-7H3;2*1H;/q;;;+2/p-2. The fourth-order valence-electron chi connectivity index (χ4n) is 7.63. The molecule has 202 valence electrons. The Morgan fingerprint density at radius 1 is 0.667 bits per heavy atom. The summed E-state index contributed by atoms with van der Waals surface area (Å²) in [5.41, 5.74) is 13.1. The van der Waals surface area contributed by atoms with Crippen LogP contribution in [0.15, 0.2) is 77.9 Å². The fourth-order valence-corrected chi connectivity index (χ4v) is 18.3. The van der Waals surface area contributed by atoms with Gasteiger partial charge in [-0.25, -0.2) is 0 Å². The van der Waals surface area contributed by atoms with Crippen molar-refractivity contribution >= 4 is 23.7 Å². The van der Waals surface area contributed by atoms with E-state index in [0.29, 0.717) is 19.1 Å². The molecule has 0 N–H and O–H groups in total. The number of allylic oxidation sites excluding steroid dienone is 2. The van der Waals surface area contributed by atoms with Gasteiger partial charge >= 0.3 is 238 Å². The predicted octanol–water partition coefficient (Wildman–Crippen LogP) is 2.61. The number of halogens is 2. The van der Waals surface area contributed by atoms with Gasteiger partial charge in [0.1, 0.15) is 0 Å². The molecule has 39 heavy (non-hydrogen) atoms. The van der Waals surface area contributed by atoms with Crippen molar-refractivity contribution in [2.75, 3.05) is 0 Å². The number of fused-ring (bicyclic) bond motifs is 8. The van der Waals surface area contributed by atoms with Crippen LogP contribution in [-0.4, -0.2) is 8.07 Å². The van der Waals surface area contributed by atoms with E-state index in [9.17, 15) is 0 Å². The number of rotatable bonds is 5. The molecule has 1 aliphatic heterocycles. The van der Waals surface area contributed by atoms with E-state index in [0.717, 1.165) is 0 Å². The maximum Gasteiger partial charge on any atom is -1.00 e. The van der Waals surface area contributed by atoms with E-state index in [1.54, 1.807) is 49.0 Å². The normalized spacial score (nSPS) is 22.4. The molecule has 0 nitrogen and oxygen atoms in total. The van der Waals surface area contributed by atoms with Crippen LogP contribution in [0.4, 0.5) is 0 Å². The molecule has 0 amide bonds. The van der Waals surface area contributed by atoms with Gasteiger partial charge in [0.25, 0.3) is 0 Å². The molecule has 3 aliphatic rings. The zero-order chi connectivity index (χ0) is 26.1. The Bertz CT molecular complexity index is 1360. The van der Waals surface area contributed by atoms with Gasteiger partial charge in [0, 0.05) is 0 Å². The van der Waals surface area contributed by atoms with E-state index in [1.807, 2.05) is 0 Å². The minimum absolute atomic E-state index is 0. The first-order valence-electron chi connectivity index (χ1n) is 14.2. The largest absolute Gasteiger partial charge is 1.00 e. The van der Waals surface area contributed by atoms with Gasteiger partial charge in [-0.1, -0.05) is 0 Å². The van der Waals surface area contributed by atoms with Gasteiger partial charge in [-0.3, -0.25) is 0 Å². The number of hydrogen-bond acceptors (Lipinski definition) is 0. The molecule has 0 spiro atoms. The summed E-state index contributed by atoms with van der Waals surface area (Å²) in [6, 6.07) is 26.9. The second kappa shape index (κ2) is 11.6. The maximum absolute atomic E-state index is 2.69. The molecule has 0 saturated heterocycles. The minimum atomic E-state index is -2.24. The summed E-state index contributed by atoms with van der Waals surface area (Å²) in [7, 11) is -2.24. The Hall–Kier alpha value is -1.18. The van der Waals surface area contributed by atoms with Crippen molar-refractivity contribution in [1.29, 1.82) is 0 Å². The average molecular weight is 651 g/mol. The first kappa shape index (κ1) is 30.8. The molecule has 3 aromatic rings. The molecule has 6 rings (SSSR count). The van der Waals surface area contributed by atoms with Crippen LogP contribution < -0.4 is 30.0 Å². The molecule has 4 bridgehead atoms. The van der Waals surface area contributed by atoms with E-state index >= 15 is 0 Å². The van der Waals surface area contributed by atoms with E-state index in [4.69, 9.17) is 0 Å². The quantitative estimate of drug-likeness (QED) is 0.373. The summed E-state index contributed by atoms with van der Waals surface area (Å²) in [6.45, 7) is 17.1. The first-order chi connectivity index (χ1) is 17.7. The molecule has 4 heteroatoms. The van der Waals surface area contributed by atoms with Gasteiger partial charge in [0.15, 0.2) is 0 Å². The molecule has 0 radical (unpaired) electrons. The molecular formula is C35H40Cl2SiZr. The molecule has 3 aromatic carbocycles. The Morgan fingerprint density at radius 2 is 1.10 bits per heavy atom. The average Bonchev–Trinajstić information content (AvgIpc) is 3.30. The van der Waals surface area contributed by atoms with E-state index in [1.165, 1.54) is 24.0 Å². The smallest absolute Gasteiger partial charge is 1.00 e. The van der Waals surface area contributed by atoms with Crippen molar-refractivity contribution in [1.82, 2.24) is 0 Å². The molecule has 1 heterocycles. The Kier molecular flexibility index (Phi) is 9.15. The van der Waals surface area contributed by atoms with Gasteiger partial charge in [0.05, 0.1) is 0 Å². The first-order valence-corrected chi connectivity index (χ1v) is 19.5. The molecule has 0 fully saturated rings. The molecule has 2 unspecified atom stereocenters. The summed E-state index contributed by atoms with van der Waals surface area (Å²) in [6.07, 6.45) is 2.33. The van der Waals surface area contributed by atoms with E-state index < -0.39 is 31.3 Å². The van der Waals surface area contributed by atoms with Crippen LogP contribution in [0.1, 0.15) is 82.2 Å². The topological polar surface area (TPSA) is 0 Å². The van der Waals surface area contributed by atoms with Crippen LogP contribution in [0.25, 0.3) is 10.4 Å². The zero-order valence-corrected chi connectivity index (χ0v) is 29.3. The van der Waals surface area contributed by atoms with Crippen LogP contribution >= 0.6 is 0 Å². The predicted molar refractivity (Wildman–Crippen MR) is 158 cm³/mol. The molecule has 0 aromatic heterocycles. The van der Waals surface area contributed by atoms with Crippen molar-refractivity contribution in [2.24, 2.45) is 11.8 Å². The fraction of sp³-hybridized carbons (Fsp3) is 0.371. The zero-order valence-electron chi connectivity index (χ0n) is 24.3. The molecule has 2 aliphatic carbocycles. The molecular weight excluding hydrogens is 611 g/mol. The van der Waals surface area contributed by atoms with E-state index in [-0.39, 0.29) is 24.8 Å². The van der Waals surface area contributed by atoms with Crippen LogP contribution in [0.3, 0.4) is 0 Å². The van der Waals surface area contributed by atoms with Crippen LogP contribution in [-0.2, 0) is 36.1 Å². The third kappa shape index (κ3) is 4.97. The van der Waals surface area contributed by atoms with Gasteiger partial charge < -0.3 is 24.8 Å². The third-order valence-electron chi connectivity index (χ3n) is 9.02. The van der Waals surface area contributed by atoms with Gasteiger partial charge in [-0.05, 0) is 0 Å². The second-order valence-corrected chi connectivity index (χ2v) is 20.2. The number of hydrogen-bond donors (Lipinski definition) is 0. The van der Waals surface area contributed by atoms with Gasteiger partial charge in [-0.15, -0.1) is 0 Å². The molecule has 2 atom stereocenters. The maximum atomic E-state index is 2.69. The Labute approximate surface area is 261 Å². The van der Waals surface area contributed by atoms with Crippen LogP contribution in [0.2, 0.25) is 6.55 Å². The summed E-state index contributed by atoms with van der Waals surface area (Å²) in [5, 5.41) is 5.08. The minimum Gasteiger partial charge on any atom is -1.00 e. The van der Waals surface area contributed by atoms with Gasteiger partial charge in [-0.2, -0.15) is 0 Å². The van der Waals surface area contributed by atoms with Crippen molar-refractivity contribution < 1.29 is 48.0 Å². The Morgan fingerprint density at radius 3 is 1.51 bits per heavy atom. The van der Waals surface area contributed by atoms with Crippen molar-refractivity contribution in [3.63, 3.8) is 0 Å². The monoisotopic (exact) mass is 648 g/mol. The van der Waals surface area contributed by atoms with Crippen LogP contribution in [0, 0.1) is 11.8 Å². The molecule has 0 saturated carbocycles. The second-order valence-electron chi connectivity index (χ2n) is 12.7. The summed E-state index contributed by atoms with van der Waals surface area (Å²) in [4.78, 5) is 0. The summed E-state index contributed by atoms with van der Waals surface area (Å²) in [5.74, 6) is 1.36. The third-order valence-corrected chi connectivity index (χ3v) is 19.1. The van der Waals surface area contributed by atoms with Crippen molar-refractivity contribution in [3.05, 3.63) is 111 Å².